The number of amides is 2. The highest BCUT2D eigenvalue weighted by Crippen LogP contribution is 2.42. The van der Waals surface area contributed by atoms with Crippen LogP contribution in [0, 0.1) is 115 Å². The van der Waals surface area contributed by atoms with Gasteiger partial charge in [0.15, 0.2) is 27.3 Å². The number of carbonyl (C=O) groups excluding carboxylic acids is 2. The van der Waals surface area contributed by atoms with Crippen molar-refractivity contribution in [3.63, 3.8) is 0 Å². The monoisotopic (exact) mass is 1840 g/mol. The van der Waals surface area contributed by atoms with Gasteiger partial charge in [-0.2, -0.15) is 5.11 Å². The molecule has 3 aliphatic heterocycles. The van der Waals surface area contributed by atoms with E-state index in [0.29, 0.717) is 61.5 Å². The van der Waals surface area contributed by atoms with Gasteiger partial charge in [0.05, 0.1) is 37.4 Å². The number of nitrogens with zero attached hydrogens (tertiary/aromatic N) is 5. The third-order valence-corrected chi connectivity index (χ3v) is 23.4. The van der Waals surface area contributed by atoms with Crippen molar-refractivity contribution in [2.75, 3.05) is 55.9 Å². The van der Waals surface area contributed by atoms with Gasteiger partial charge in [-0.05, 0) is 160 Å². The minimum absolute atomic E-state index is 0. The highest BCUT2D eigenvalue weighted by molar-refractivity contribution is 7.91. The van der Waals surface area contributed by atoms with Gasteiger partial charge >= 0.3 is 0 Å². The van der Waals surface area contributed by atoms with Gasteiger partial charge in [0.1, 0.15) is 31.5 Å². The SMILES string of the molecule is C.C.C=C1CCC(=O)N1CC(C)C.C=C1CCCN1CC(C)C.CC.CC(C)CC(C)C.CC(C)CN1N=NC2C=CC=CC2C1=O.CC(C)CS(C)(=O)=O.CC(C)Cc1ccccc1.CCCC(C)C.CCS(C)(=O)=O.Cc1c(Cl)c(Cl)c(Cl)c(CC(C)C)c1Cl.Cc1c(F)c(F)c(F)c(CC(C)C)c1F.Cc1ccc(S(=O)(=O)CC(C)C)cc1. The van der Waals surface area contributed by atoms with E-state index >= 15 is 0 Å². The zero-order valence-corrected chi connectivity index (χ0v) is 84.2. The van der Waals surface area contributed by atoms with Crippen LogP contribution in [0.25, 0.3) is 0 Å². The molecular formula is C97H165Cl4F4N5O8S3. The molecule has 13 nitrogen and oxygen atoms in total. The molecule has 24 heteroatoms. The normalized spacial score (nSPS) is 14.4. The van der Waals surface area contributed by atoms with Gasteiger partial charge in [-0.3, -0.25) is 9.59 Å². The third-order valence-electron chi connectivity index (χ3n) is 17.0. The lowest BCUT2D eigenvalue weighted by Crippen LogP contribution is -2.41. The lowest BCUT2D eigenvalue weighted by molar-refractivity contribution is -0.137. The Balaban J connectivity index is -0.000000303. The molecule has 121 heavy (non-hydrogen) atoms. The maximum atomic E-state index is 13.4. The summed E-state index contributed by atoms with van der Waals surface area (Å²) < 4.78 is 117. The number of halogens is 8. The predicted molar refractivity (Wildman–Crippen MR) is 518 cm³/mol. The fourth-order valence-electron chi connectivity index (χ4n) is 11.8. The fourth-order valence-corrected chi connectivity index (χ4v) is 15.7. The van der Waals surface area contributed by atoms with Crippen LogP contribution < -0.4 is 0 Å². The number of sulfone groups is 3. The maximum Gasteiger partial charge on any atom is 0.253 e. The summed E-state index contributed by atoms with van der Waals surface area (Å²) in [6.45, 7) is 70.7. The molecule has 4 aromatic carbocycles. The molecule has 2 fully saturated rings. The molecule has 8 rings (SSSR count). The topological polar surface area (TPSA) is 171 Å². The smallest absolute Gasteiger partial charge is 0.253 e. The Morgan fingerprint density at radius 1 is 0.488 bits per heavy atom. The number of aryl methyl sites for hydroxylation is 1. The molecule has 4 aromatic rings. The zero-order valence-electron chi connectivity index (χ0n) is 78.7. The predicted octanol–water partition coefficient (Wildman–Crippen LogP) is 29.0. The van der Waals surface area contributed by atoms with E-state index in [-0.39, 0.29) is 79.9 Å². The van der Waals surface area contributed by atoms with Crippen LogP contribution >= 0.6 is 46.4 Å². The summed E-state index contributed by atoms with van der Waals surface area (Å²) in [6, 6.07) is 17.5. The van der Waals surface area contributed by atoms with Crippen LogP contribution in [-0.2, 0) is 58.4 Å². The lowest BCUT2D eigenvalue weighted by atomic mass is 9.94. The van der Waals surface area contributed by atoms with Crippen LogP contribution in [0.5, 0.6) is 0 Å². The number of benzene rings is 4. The van der Waals surface area contributed by atoms with Gasteiger partial charge < -0.3 is 9.80 Å². The molecule has 0 N–H and O–H groups in total. The van der Waals surface area contributed by atoms with Crippen molar-refractivity contribution in [3.05, 3.63) is 180 Å². The minimum atomic E-state index is -3.08. The van der Waals surface area contributed by atoms with E-state index in [0.717, 1.165) is 78.3 Å². The van der Waals surface area contributed by atoms with Crippen LogP contribution in [0.4, 0.5) is 17.6 Å². The van der Waals surface area contributed by atoms with E-state index in [9.17, 15) is 52.4 Å². The number of carbonyl (C=O) groups is 2. The Labute approximate surface area is 757 Å². The number of hydrogen-bond acceptors (Lipinski definition) is 11. The number of rotatable bonds is 22. The molecule has 700 valence electrons. The summed E-state index contributed by atoms with van der Waals surface area (Å²) in [5.41, 5.74) is 5.69. The second-order valence-electron chi connectivity index (χ2n) is 35.2. The molecule has 4 aliphatic rings. The Morgan fingerprint density at radius 3 is 1.32 bits per heavy atom. The number of allylic oxidation sites excluding steroid dienone is 4. The van der Waals surface area contributed by atoms with Crippen molar-refractivity contribution in [1.29, 1.82) is 0 Å². The zero-order chi connectivity index (χ0) is 93.3. The standard InChI is InChI=1S/C11H12Cl4.C11H12F4.C11H15N3O.C11H16O2S.C10H14.C9H15NO.C9H17N.C7H16.C6H14.C5H12O2S.C3H8O2S.C2H6.2CH4/c2*1-5(2)4-7-8(12)6(3)9(13)11(15)10(7)14;1-8(2)7-14-11(15)9-5-3-4-6-10(9)12-13-14;1-9(2)8-14(12,13)11-6-4-10(3)5-7-11;1-9(2)8-10-6-4-3-5-7-10;1-7(2)6-10-8(3)4-5-9(10)11;1-8(2)7-10-6-4-5-9(10)3;1-6(2)5-7(3)4;1-4-5-6(2)3;1-5(2)4-8(3,6)7;1-3-6(2,4)5;1-2;;/h2*5H,4H2,1-3H3;3-6,8-10H,7H2,1-2H3;4-7,9H,8H2,1-3H3;3-7,9H,8H2,1-2H3;7H,3-6H2,1-2H3;8H,3-7H2,1-2H3;6-7H,5H2,1-4H3;6H,4-5H2,1-3H3;5H,4H2,1-3H3;3H2,1-2H3;1-2H3;2*1H4. The van der Waals surface area contributed by atoms with Crippen LogP contribution in [0.2, 0.25) is 20.1 Å². The van der Waals surface area contributed by atoms with Crippen molar-refractivity contribution < 1.29 is 52.4 Å². The second kappa shape index (κ2) is 66.3. The van der Waals surface area contributed by atoms with E-state index in [1.54, 1.807) is 32.9 Å². The molecule has 3 heterocycles. The molecule has 0 spiro atoms. The maximum absolute atomic E-state index is 13.4. The largest absolute Gasteiger partial charge is 0.375 e. The van der Waals surface area contributed by atoms with Gasteiger partial charge in [0.25, 0.3) is 5.91 Å². The molecule has 2 amide bonds. The molecule has 0 aromatic heterocycles. The quantitative estimate of drug-likeness (QED) is 0.0422. The first-order chi connectivity index (χ1) is 54.8. The Kier molecular flexibility index (Phi) is 69.5. The first-order valence-corrected chi connectivity index (χ1v) is 49.9. The summed E-state index contributed by atoms with van der Waals surface area (Å²) in [7, 11) is -8.46. The summed E-state index contributed by atoms with van der Waals surface area (Å²) in [4.78, 5) is 27.8. The van der Waals surface area contributed by atoms with Crippen LogP contribution in [0.1, 0.15) is 273 Å². The van der Waals surface area contributed by atoms with E-state index in [4.69, 9.17) is 46.4 Å². The first-order valence-electron chi connectivity index (χ1n) is 42.6. The molecular weight excluding hydrogens is 1680 g/mol. The third kappa shape index (κ3) is 58.7. The second-order valence-corrected chi connectivity index (χ2v) is 43.3. The van der Waals surface area contributed by atoms with Gasteiger partial charge in [0.2, 0.25) is 5.91 Å². The molecule has 2 unspecified atom stereocenters. The van der Waals surface area contributed by atoms with Crippen LogP contribution in [-0.4, -0.2) is 114 Å². The summed E-state index contributed by atoms with van der Waals surface area (Å²) in [6.07, 6.45) is 20.2. The molecule has 0 saturated carbocycles. The van der Waals surface area contributed by atoms with Crippen molar-refractivity contribution in [2.45, 2.75) is 291 Å². The van der Waals surface area contributed by atoms with E-state index in [2.05, 4.69) is 176 Å². The number of likely N-dealkylation sites (tertiary alicyclic amines) is 2. The van der Waals surface area contributed by atoms with Gasteiger partial charge in [0, 0.05) is 78.4 Å². The number of hydrogen-bond donors (Lipinski definition) is 0. The Morgan fingerprint density at radius 2 is 0.959 bits per heavy atom. The van der Waals surface area contributed by atoms with E-state index < -0.39 is 58.3 Å². The summed E-state index contributed by atoms with van der Waals surface area (Å²) >= 11 is 24.3. The van der Waals surface area contributed by atoms with Crippen molar-refractivity contribution in [2.24, 2.45) is 81.4 Å². The average Bonchev–Trinajstić information content (AvgIpc) is 1.53. The lowest BCUT2D eigenvalue weighted by Gasteiger charge is -2.29. The summed E-state index contributed by atoms with van der Waals surface area (Å²) in [5, 5.41) is 11.5. The Hall–Kier alpha value is -5.09. The van der Waals surface area contributed by atoms with Gasteiger partial charge in [-0.25, -0.2) is 47.8 Å². The first kappa shape index (κ1) is 127. The minimum Gasteiger partial charge on any atom is -0.375 e. The molecule has 0 radical (unpaired) electrons. The number of fused-ring (bicyclic) bond motifs is 1. The van der Waals surface area contributed by atoms with Crippen LogP contribution in [0.15, 0.2) is 119 Å². The van der Waals surface area contributed by atoms with Gasteiger partial charge in [-0.1, -0.05) is 345 Å². The van der Waals surface area contributed by atoms with Crippen molar-refractivity contribution >= 4 is 87.7 Å². The summed E-state index contributed by atoms with van der Waals surface area (Å²) in [5.74, 6) is 1.47. The van der Waals surface area contributed by atoms with Crippen molar-refractivity contribution in [1.82, 2.24) is 14.8 Å². The van der Waals surface area contributed by atoms with Crippen LogP contribution in [0.3, 0.4) is 0 Å². The fraction of sp³-hybridized carbons (Fsp3) is 0.649. The highest BCUT2D eigenvalue weighted by atomic mass is 35.5. The van der Waals surface area contributed by atoms with Gasteiger partial charge in [-0.15, -0.1) is 0 Å². The molecule has 1 aliphatic carbocycles. The molecule has 0 bridgehead atoms. The molecule has 2 atom stereocenters. The average molecular weight is 1840 g/mol. The molecule has 2 saturated heterocycles. The Bertz CT molecular complexity index is 3860. The van der Waals surface area contributed by atoms with E-state index in [1.165, 1.54) is 80.4 Å². The van der Waals surface area contributed by atoms with E-state index in [1.807, 2.05) is 96.7 Å². The van der Waals surface area contributed by atoms with Crippen molar-refractivity contribution in [3.8, 4) is 0 Å². The highest BCUT2D eigenvalue weighted by Gasteiger charge is 2.34.